The molecule has 0 amide bonds. The van der Waals surface area contributed by atoms with Gasteiger partial charge in [0.05, 0.1) is 0 Å². The van der Waals surface area contributed by atoms with E-state index in [1.165, 1.54) is 36.9 Å². The van der Waals surface area contributed by atoms with E-state index in [1.807, 2.05) is 6.07 Å². The maximum Gasteiger partial charge on any atom is 0.0479 e. The number of halogens is 1. The van der Waals surface area contributed by atoms with E-state index < -0.39 is 0 Å². The molecule has 92 valence electrons. The van der Waals surface area contributed by atoms with Crippen molar-refractivity contribution >= 4 is 11.6 Å². The van der Waals surface area contributed by atoms with E-state index in [0.717, 1.165) is 11.6 Å². The van der Waals surface area contributed by atoms with E-state index in [-0.39, 0.29) is 0 Å². The Hall–Kier alpha value is -0.570. The lowest BCUT2D eigenvalue weighted by Gasteiger charge is -2.45. The van der Waals surface area contributed by atoms with Crippen molar-refractivity contribution < 1.29 is 0 Å². The summed E-state index contributed by atoms with van der Waals surface area (Å²) in [5.41, 5.74) is 2.73. The Labute approximate surface area is 108 Å². The molecule has 3 heteroatoms. The summed E-state index contributed by atoms with van der Waals surface area (Å²) in [6, 6.07) is 7.41. The predicted octanol–water partition coefficient (Wildman–Crippen LogP) is 2.97. The minimum absolute atomic E-state index is 0.442. The van der Waals surface area contributed by atoms with Crippen LogP contribution < -0.4 is 5.32 Å². The van der Waals surface area contributed by atoms with Gasteiger partial charge in [0.1, 0.15) is 0 Å². The SMILES string of the molecule is CN[C@@H]1c2cccc(Cl)c2CN2CCCC[C@H]12. The summed E-state index contributed by atoms with van der Waals surface area (Å²) in [5, 5.41) is 4.41. The molecule has 2 aliphatic rings. The first-order chi connectivity index (χ1) is 8.31. The van der Waals surface area contributed by atoms with Crippen molar-refractivity contribution in [2.24, 2.45) is 0 Å². The number of nitrogens with zero attached hydrogens (tertiary/aromatic N) is 1. The van der Waals surface area contributed by atoms with Gasteiger partial charge in [-0.2, -0.15) is 0 Å². The van der Waals surface area contributed by atoms with Crippen LogP contribution in [0.2, 0.25) is 5.02 Å². The number of hydrogen-bond acceptors (Lipinski definition) is 2. The van der Waals surface area contributed by atoms with Crippen LogP contribution in [0.1, 0.15) is 36.4 Å². The first-order valence-corrected chi connectivity index (χ1v) is 6.87. The molecule has 2 atom stereocenters. The summed E-state index contributed by atoms with van der Waals surface area (Å²) in [6.07, 6.45) is 3.99. The molecule has 1 aromatic rings. The number of benzene rings is 1. The molecule has 1 N–H and O–H groups in total. The molecule has 1 aromatic carbocycles. The monoisotopic (exact) mass is 250 g/mol. The van der Waals surface area contributed by atoms with Crippen LogP contribution in [-0.4, -0.2) is 24.5 Å². The average Bonchev–Trinajstić information content (AvgIpc) is 2.37. The van der Waals surface area contributed by atoms with Crippen molar-refractivity contribution in [3.05, 3.63) is 34.3 Å². The van der Waals surface area contributed by atoms with Gasteiger partial charge in [-0.05, 0) is 43.6 Å². The minimum atomic E-state index is 0.442. The zero-order chi connectivity index (χ0) is 11.8. The fourth-order valence-electron chi connectivity index (χ4n) is 3.38. The quantitative estimate of drug-likeness (QED) is 0.825. The average molecular weight is 251 g/mol. The largest absolute Gasteiger partial charge is 0.312 e. The highest BCUT2D eigenvalue weighted by Gasteiger charge is 2.36. The zero-order valence-corrected chi connectivity index (χ0v) is 11.0. The van der Waals surface area contributed by atoms with E-state index in [1.54, 1.807) is 0 Å². The van der Waals surface area contributed by atoms with Gasteiger partial charge in [0.2, 0.25) is 0 Å². The van der Waals surface area contributed by atoms with Gasteiger partial charge in [-0.1, -0.05) is 30.2 Å². The first kappa shape index (κ1) is 11.5. The molecule has 17 heavy (non-hydrogen) atoms. The first-order valence-electron chi connectivity index (χ1n) is 6.50. The highest BCUT2D eigenvalue weighted by atomic mass is 35.5. The lowest BCUT2D eigenvalue weighted by atomic mass is 9.84. The van der Waals surface area contributed by atoms with E-state index >= 15 is 0 Å². The Morgan fingerprint density at radius 1 is 1.35 bits per heavy atom. The van der Waals surface area contributed by atoms with Gasteiger partial charge in [0.15, 0.2) is 0 Å². The van der Waals surface area contributed by atoms with Crippen LogP contribution in [0.3, 0.4) is 0 Å². The smallest absolute Gasteiger partial charge is 0.0479 e. The second-order valence-electron chi connectivity index (χ2n) is 5.11. The van der Waals surface area contributed by atoms with Crippen LogP contribution in [0.15, 0.2) is 18.2 Å². The number of fused-ring (bicyclic) bond motifs is 2. The Morgan fingerprint density at radius 2 is 2.24 bits per heavy atom. The fraction of sp³-hybridized carbons (Fsp3) is 0.571. The lowest BCUT2D eigenvalue weighted by molar-refractivity contribution is 0.0946. The number of likely N-dealkylation sites (N-methyl/N-ethyl adjacent to an activating group) is 1. The number of rotatable bonds is 1. The topological polar surface area (TPSA) is 15.3 Å². The van der Waals surface area contributed by atoms with Crippen molar-refractivity contribution in [3.63, 3.8) is 0 Å². The maximum atomic E-state index is 6.34. The molecule has 0 spiro atoms. The number of piperidine rings is 1. The summed E-state index contributed by atoms with van der Waals surface area (Å²) in [4.78, 5) is 2.60. The van der Waals surface area contributed by atoms with Crippen LogP contribution >= 0.6 is 11.6 Å². The van der Waals surface area contributed by atoms with Crippen molar-refractivity contribution in [2.75, 3.05) is 13.6 Å². The molecule has 2 aliphatic heterocycles. The predicted molar refractivity (Wildman–Crippen MR) is 71.3 cm³/mol. The number of nitrogens with one attached hydrogen (secondary N) is 1. The van der Waals surface area contributed by atoms with Crippen LogP contribution in [-0.2, 0) is 6.54 Å². The van der Waals surface area contributed by atoms with Crippen LogP contribution in [0, 0.1) is 0 Å². The third kappa shape index (κ3) is 1.88. The summed E-state index contributed by atoms with van der Waals surface area (Å²) in [5.74, 6) is 0. The van der Waals surface area contributed by atoms with E-state index in [4.69, 9.17) is 11.6 Å². The molecular formula is C14H19ClN2. The van der Waals surface area contributed by atoms with Crippen molar-refractivity contribution in [1.29, 1.82) is 0 Å². The third-order valence-corrected chi connectivity index (χ3v) is 4.57. The summed E-state index contributed by atoms with van der Waals surface area (Å²) < 4.78 is 0. The molecule has 0 saturated carbocycles. The molecule has 3 rings (SSSR count). The number of hydrogen-bond donors (Lipinski definition) is 1. The standard InChI is InChI=1S/C14H19ClN2/c1-16-14-10-5-4-6-12(15)11(10)9-17-8-3-2-7-13(14)17/h4-6,13-14,16H,2-3,7-9H2,1H3/t13-,14-/m1/s1. The van der Waals surface area contributed by atoms with Gasteiger partial charge < -0.3 is 5.32 Å². The lowest BCUT2D eigenvalue weighted by Crippen LogP contribution is -2.49. The second-order valence-corrected chi connectivity index (χ2v) is 5.51. The van der Waals surface area contributed by atoms with E-state index in [9.17, 15) is 0 Å². The minimum Gasteiger partial charge on any atom is -0.312 e. The van der Waals surface area contributed by atoms with Gasteiger partial charge in [-0.3, -0.25) is 4.90 Å². The van der Waals surface area contributed by atoms with Crippen molar-refractivity contribution in [3.8, 4) is 0 Å². The molecule has 1 saturated heterocycles. The van der Waals surface area contributed by atoms with Crippen molar-refractivity contribution in [2.45, 2.75) is 37.9 Å². The van der Waals surface area contributed by atoms with Gasteiger partial charge >= 0.3 is 0 Å². The van der Waals surface area contributed by atoms with Gasteiger partial charge in [-0.25, -0.2) is 0 Å². The van der Waals surface area contributed by atoms with Gasteiger partial charge in [0, 0.05) is 23.7 Å². The summed E-state index contributed by atoms with van der Waals surface area (Å²) >= 11 is 6.34. The molecule has 0 bridgehead atoms. The normalized spacial score (nSPS) is 28.6. The van der Waals surface area contributed by atoms with E-state index in [2.05, 4.69) is 29.4 Å². The van der Waals surface area contributed by atoms with Crippen LogP contribution in [0.5, 0.6) is 0 Å². The molecular weight excluding hydrogens is 232 g/mol. The van der Waals surface area contributed by atoms with Crippen molar-refractivity contribution in [1.82, 2.24) is 10.2 Å². The Kier molecular flexibility index (Phi) is 3.12. The molecule has 0 aromatic heterocycles. The highest BCUT2D eigenvalue weighted by Crippen LogP contribution is 2.38. The molecule has 0 unspecified atom stereocenters. The molecule has 1 fully saturated rings. The zero-order valence-electron chi connectivity index (χ0n) is 10.2. The van der Waals surface area contributed by atoms with Crippen LogP contribution in [0.4, 0.5) is 0 Å². The Bertz CT molecular complexity index is 419. The molecule has 0 radical (unpaired) electrons. The second kappa shape index (κ2) is 4.60. The Balaban J connectivity index is 2.04. The van der Waals surface area contributed by atoms with E-state index in [0.29, 0.717) is 12.1 Å². The molecule has 2 heterocycles. The Morgan fingerprint density at radius 3 is 3.06 bits per heavy atom. The van der Waals surface area contributed by atoms with Crippen LogP contribution in [0.25, 0.3) is 0 Å². The fourth-order valence-corrected chi connectivity index (χ4v) is 3.62. The third-order valence-electron chi connectivity index (χ3n) is 4.21. The van der Waals surface area contributed by atoms with Gasteiger partial charge in [-0.15, -0.1) is 0 Å². The summed E-state index contributed by atoms with van der Waals surface area (Å²) in [7, 11) is 2.06. The highest BCUT2D eigenvalue weighted by molar-refractivity contribution is 6.31. The molecule has 0 aliphatic carbocycles. The maximum absolute atomic E-state index is 6.34. The van der Waals surface area contributed by atoms with Gasteiger partial charge in [0.25, 0.3) is 0 Å². The summed E-state index contributed by atoms with van der Waals surface area (Å²) in [6.45, 7) is 2.24. The molecule has 2 nitrogen and oxygen atoms in total.